The quantitative estimate of drug-likeness (QED) is 0.510. The summed E-state index contributed by atoms with van der Waals surface area (Å²) in [5.41, 5.74) is 0. The fraction of sp³-hybridized carbons (Fsp3) is 1.00. The summed E-state index contributed by atoms with van der Waals surface area (Å²) in [6, 6.07) is 0. The molecule has 0 aromatic heterocycles. The summed E-state index contributed by atoms with van der Waals surface area (Å²) in [7, 11) is -1.34. The first kappa shape index (κ1) is 15.9. The lowest BCUT2D eigenvalue weighted by Gasteiger charge is -2.21. The Labute approximate surface area is 98.2 Å². The molecular formula is C10H23BO5. The van der Waals surface area contributed by atoms with E-state index in [-0.39, 0.29) is 12.2 Å². The van der Waals surface area contributed by atoms with Crippen LogP contribution in [0.3, 0.4) is 0 Å². The summed E-state index contributed by atoms with van der Waals surface area (Å²) in [5, 5.41) is 9.41. The molecule has 0 spiro atoms. The van der Waals surface area contributed by atoms with Crippen molar-refractivity contribution in [1.29, 1.82) is 0 Å². The fourth-order valence-electron chi connectivity index (χ4n) is 1.19. The Balaban J connectivity index is 3.75. The second-order valence-corrected chi connectivity index (χ2v) is 4.08. The van der Waals surface area contributed by atoms with Crippen molar-refractivity contribution in [3.63, 3.8) is 0 Å². The van der Waals surface area contributed by atoms with Crippen molar-refractivity contribution in [3.05, 3.63) is 0 Å². The van der Waals surface area contributed by atoms with Gasteiger partial charge in [0.2, 0.25) is 0 Å². The van der Waals surface area contributed by atoms with Gasteiger partial charge in [-0.15, -0.1) is 0 Å². The van der Waals surface area contributed by atoms with Crippen molar-refractivity contribution >= 4 is 7.32 Å². The zero-order valence-electron chi connectivity index (χ0n) is 11.0. The van der Waals surface area contributed by atoms with Crippen LogP contribution >= 0.6 is 0 Å². The maximum absolute atomic E-state index is 9.41. The second kappa shape index (κ2) is 8.03. The first-order valence-electron chi connectivity index (χ1n) is 5.61. The van der Waals surface area contributed by atoms with Crippen LogP contribution in [0.15, 0.2) is 0 Å². The maximum atomic E-state index is 9.41. The monoisotopic (exact) mass is 234 g/mol. The first-order chi connectivity index (χ1) is 7.31. The van der Waals surface area contributed by atoms with E-state index in [1.807, 2.05) is 27.7 Å². The average molecular weight is 234 g/mol. The van der Waals surface area contributed by atoms with E-state index in [0.717, 1.165) is 0 Å². The molecule has 6 heteroatoms. The molecule has 0 saturated heterocycles. The summed E-state index contributed by atoms with van der Waals surface area (Å²) >= 11 is 0. The third-order valence-electron chi connectivity index (χ3n) is 1.54. The molecule has 0 amide bonds. The molecule has 5 nitrogen and oxygen atoms in total. The van der Waals surface area contributed by atoms with Crippen LogP contribution in [0.2, 0.25) is 0 Å². The molecule has 0 aliphatic heterocycles. The molecule has 0 bridgehead atoms. The molecule has 96 valence electrons. The number of ether oxygens (including phenoxy) is 2. The van der Waals surface area contributed by atoms with Crippen LogP contribution in [-0.4, -0.2) is 37.1 Å². The third kappa shape index (κ3) is 9.12. The van der Waals surface area contributed by atoms with Crippen LogP contribution in [0.1, 0.15) is 41.5 Å². The summed E-state index contributed by atoms with van der Waals surface area (Å²) in [6.45, 7) is 10.9. The van der Waals surface area contributed by atoms with E-state index in [2.05, 4.69) is 0 Å². The molecule has 1 N–H and O–H groups in total. The van der Waals surface area contributed by atoms with Crippen LogP contribution in [0, 0.1) is 0 Å². The van der Waals surface area contributed by atoms with Crippen molar-refractivity contribution < 1.29 is 23.8 Å². The lowest BCUT2D eigenvalue weighted by Crippen LogP contribution is -2.34. The van der Waals surface area contributed by atoms with Crippen LogP contribution in [0.4, 0.5) is 0 Å². The molecule has 0 heterocycles. The minimum atomic E-state index is -1.34. The molecule has 0 saturated carbocycles. The molecular weight excluding hydrogens is 211 g/mol. The Bertz CT molecular complexity index is 159. The maximum Gasteiger partial charge on any atom is 0.640 e. The lowest BCUT2D eigenvalue weighted by atomic mass is 10.2. The molecule has 16 heavy (non-hydrogen) atoms. The Morgan fingerprint density at radius 1 is 0.750 bits per heavy atom. The Hall–Kier alpha value is -0.135. The smallest absolute Gasteiger partial charge is 0.401 e. The van der Waals surface area contributed by atoms with Gasteiger partial charge in [-0.3, -0.25) is 0 Å². The molecule has 0 aromatic carbocycles. The van der Waals surface area contributed by atoms with Gasteiger partial charge in [-0.25, -0.2) is 0 Å². The molecule has 0 aliphatic rings. The molecule has 0 radical (unpaired) electrons. The average Bonchev–Trinajstić information content (AvgIpc) is 1.97. The summed E-state index contributed by atoms with van der Waals surface area (Å²) < 4.78 is 20.6. The van der Waals surface area contributed by atoms with Gasteiger partial charge in [0.15, 0.2) is 0 Å². The van der Waals surface area contributed by atoms with Gasteiger partial charge in [0, 0.05) is 0 Å². The predicted octanol–water partition coefficient (Wildman–Crippen LogP) is 1.54. The van der Waals surface area contributed by atoms with E-state index in [4.69, 9.17) is 18.8 Å². The Morgan fingerprint density at radius 2 is 1.06 bits per heavy atom. The van der Waals surface area contributed by atoms with Crippen molar-refractivity contribution in [3.8, 4) is 0 Å². The van der Waals surface area contributed by atoms with Gasteiger partial charge in [0.1, 0.15) is 12.6 Å². The predicted molar refractivity (Wildman–Crippen MR) is 61.5 cm³/mol. The molecule has 2 atom stereocenters. The van der Waals surface area contributed by atoms with Crippen LogP contribution in [0.25, 0.3) is 0 Å². The van der Waals surface area contributed by atoms with E-state index in [1.165, 1.54) is 0 Å². The number of rotatable bonds is 8. The highest BCUT2D eigenvalue weighted by atomic mass is 16.8. The number of hydrogen-bond acceptors (Lipinski definition) is 5. The van der Waals surface area contributed by atoms with Gasteiger partial charge in [-0.05, 0) is 41.5 Å². The van der Waals surface area contributed by atoms with Crippen molar-refractivity contribution in [2.75, 3.05) is 0 Å². The van der Waals surface area contributed by atoms with Crippen molar-refractivity contribution in [2.24, 2.45) is 0 Å². The zero-order valence-corrected chi connectivity index (χ0v) is 11.0. The molecule has 0 aliphatic carbocycles. The lowest BCUT2D eigenvalue weighted by molar-refractivity contribution is -0.151. The zero-order chi connectivity index (χ0) is 12.7. The summed E-state index contributed by atoms with van der Waals surface area (Å²) in [6.07, 6.45) is -0.986. The van der Waals surface area contributed by atoms with Gasteiger partial charge in [-0.1, -0.05) is 0 Å². The SMILES string of the molecule is CC(C)OC(C)OB(O)OC(C)OC(C)C. The Kier molecular flexibility index (Phi) is 7.96. The highest BCUT2D eigenvalue weighted by molar-refractivity contribution is 6.34. The van der Waals surface area contributed by atoms with Gasteiger partial charge in [0.25, 0.3) is 0 Å². The molecule has 0 rings (SSSR count). The highest BCUT2D eigenvalue weighted by Crippen LogP contribution is 2.05. The van der Waals surface area contributed by atoms with E-state index < -0.39 is 19.9 Å². The molecule has 0 aromatic rings. The second-order valence-electron chi connectivity index (χ2n) is 4.08. The van der Waals surface area contributed by atoms with Crippen molar-refractivity contribution in [2.45, 2.75) is 66.3 Å². The summed E-state index contributed by atoms with van der Waals surface area (Å²) in [4.78, 5) is 0. The van der Waals surface area contributed by atoms with E-state index in [0.29, 0.717) is 0 Å². The van der Waals surface area contributed by atoms with Gasteiger partial charge >= 0.3 is 7.32 Å². The van der Waals surface area contributed by atoms with Gasteiger partial charge in [0.05, 0.1) is 12.2 Å². The molecule has 2 unspecified atom stereocenters. The van der Waals surface area contributed by atoms with Gasteiger partial charge < -0.3 is 23.8 Å². The van der Waals surface area contributed by atoms with E-state index >= 15 is 0 Å². The fourth-order valence-corrected chi connectivity index (χ4v) is 1.19. The number of hydrogen-bond donors (Lipinski definition) is 1. The standard InChI is InChI=1S/C10H23BO5/c1-7(2)13-9(5)15-11(12)16-10(6)14-8(3)4/h7-10,12H,1-6H3. The van der Waals surface area contributed by atoms with Crippen LogP contribution < -0.4 is 0 Å². The largest absolute Gasteiger partial charge is 0.640 e. The van der Waals surface area contributed by atoms with Crippen LogP contribution in [-0.2, 0) is 18.8 Å². The highest BCUT2D eigenvalue weighted by Gasteiger charge is 2.23. The van der Waals surface area contributed by atoms with E-state index in [1.54, 1.807) is 13.8 Å². The van der Waals surface area contributed by atoms with Gasteiger partial charge in [-0.2, -0.15) is 0 Å². The minimum Gasteiger partial charge on any atom is -0.401 e. The van der Waals surface area contributed by atoms with Crippen LogP contribution in [0.5, 0.6) is 0 Å². The van der Waals surface area contributed by atoms with E-state index in [9.17, 15) is 5.02 Å². The first-order valence-corrected chi connectivity index (χ1v) is 5.61. The minimum absolute atomic E-state index is 0.0338. The summed E-state index contributed by atoms with van der Waals surface area (Å²) in [5.74, 6) is 0. The normalized spacial score (nSPS) is 15.6. The topological polar surface area (TPSA) is 57.2 Å². The third-order valence-corrected chi connectivity index (χ3v) is 1.54. The Morgan fingerprint density at radius 3 is 1.31 bits per heavy atom. The molecule has 0 fully saturated rings. The van der Waals surface area contributed by atoms with Crippen molar-refractivity contribution in [1.82, 2.24) is 0 Å².